The summed E-state index contributed by atoms with van der Waals surface area (Å²) >= 11 is 0. The van der Waals surface area contributed by atoms with Gasteiger partial charge in [-0.15, -0.1) is 0 Å². The third kappa shape index (κ3) is 7.80. The summed E-state index contributed by atoms with van der Waals surface area (Å²) in [6.45, 7) is 1.02. The SMILES string of the molecule is NC(=NCCCS(=O)(=O)Cc1ccccc1)NCCc1ccccn1. The average Bonchev–Trinajstić information content (AvgIpc) is 2.60. The van der Waals surface area contributed by atoms with Crippen molar-refractivity contribution in [3.8, 4) is 0 Å². The van der Waals surface area contributed by atoms with E-state index >= 15 is 0 Å². The van der Waals surface area contributed by atoms with Gasteiger partial charge in [0.1, 0.15) is 0 Å². The first-order valence-electron chi connectivity index (χ1n) is 8.23. The van der Waals surface area contributed by atoms with E-state index < -0.39 is 9.84 Å². The Bertz CT molecular complexity index is 762. The van der Waals surface area contributed by atoms with Crippen LogP contribution in [0.25, 0.3) is 0 Å². The first-order valence-corrected chi connectivity index (χ1v) is 10.1. The lowest BCUT2D eigenvalue weighted by atomic mass is 10.2. The maximum Gasteiger partial charge on any atom is 0.188 e. The van der Waals surface area contributed by atoms with E-state index in [0.29, 0.717) is 25.5 Å². The molecule has 0 amide bonds. The molecule has 3 N–H and O–H groups in total. The molecule has 0 aliphatic carbocycles. The number of hydrogen-bond acceptors (Lipinski definition) is 4. The second-order valence-corrected chi connectivity index (χ2v) is 7.88. The normalized spacial score (nSPS) is 12.1. The molecule has 134 valence electrons. The molecule has 0 aliphatic heterocycles. The van der Waals surface area contributed by atoms with Gasteiger partial charge in [0.05, 0.1) is 11.5 Å². The average molecular weight is 360 g/mol. The van der Waals surface area contributed by atoms with Crippen molar-refractivity contribution in [3.63, 3.8) is 0 Å². The van der Waals surface area contributed by atoms with Crippen molar-refractivity contribution in [2.75, 3.05) is 18.8 Å². The van der Waals surface area contributed by atoms with Gasteiger partial charge in [0.2, 0.25) is 0 Å². The first kappa shape index (κ1) is 18.9. The van der Waals surface area contributed by atoms with Crippen molar-refractivity contribution in [3.05, 3.63) is 66.0 Å². The Morgan fingerprint density at radius 1 is 1.12 bits per heavy atom. The van der Waals surface area contributed by atoms with Crippen LogP contribution in [0.1, 0.15) is 17.7 Å². The molecule has 25 heavy (non-hydrogen) atoms. The van der Waals surface area contributed by atoms with Crippen LogP contribution in [0.3, 0.4) is 0 Å². The number of sulfone groups is 1. The first-order chi connectivity index (χ1) is 12.1. The Balaban J connectivity index is 1.66. The summed E-state index contributed by atoms with van der Waals surface area (Å²) in [5, 5.41) is 3.01. The molecule has 1 aromatic heterocycles. The van der Waals surface area contributed by atoms with Gasteiger partial charge in [0.25, 0.3) is 0 Å². The molecule has 0 radical (unpaired) electrons. The number of pyridine rings is 1. The molecule has 0 unspecified atom stereocenters. The molecule has 2 aromatic rings. The van der Waals surface area contributed by atoms with Crippen molar-refractivity contribution in [2.24, 2.45) is 10.7 Å². The van der Waals surface area contributed by atoms with E-state index in [9.17, 15) is 8.42 Å². The minimum Gasteiger partial charge on any atom is -0.370 e. The van der Waals surface area contributed by atoms with E-state index in [1.165, 1.54) is 0 Å². The molecule has 0 spiro atoms. The summed E-state index contributed by atoms with van der Waals surface area (Å²) in [5.74, 6) is 0.499. The third-order valence-corrected chi connectivity index (χ3v) is 5.22. The van der Waals surface area contributed by atoms with E-state index in [2.05, 4.69) is 15.3 Å². The molecule has 0 bridgehead atoms. The van der Waals surface area contributed by atoms with Crippen LogP contribution < -0.4 is 11.1 Å². The van der Waals surface area contributed by atoms with Crippen molar-refractivity contribution in [2.45, 2.75) is 18.6 Å². The van der Waals surface area contributed by atoms with Crippen LogP contribution in [0.5, 0.6) is 0 Å². The summed E-state index contributed by atoms with van der Waals surface area (Å²) in [5.41, 5.74) is 7.57. The highest BCUT2D eigenvalue weighted by Gasteiger charge is 2.11. The third-order valence-electron chi connectivity index (χ3n) is 3.54. The summed E-state index contributed by atoms with van der Waals surface area (Å²) in [7, 11) is -3.12. The fraction of sp³-hybridized carbons (Fsp3) is 0.333. The van der Waals surface area contributed by atoms with E-state index in [1.807, 2.05) is 48.5 Å². The minimum atomic E-state index is -3.12. The van der Waals surface area contributed by atoms with E-state index in [4.69, 9.17) is 5.73 Å². The van der Waals surface area contributed by atoms with Gasteiger partial charge in [0.15, 0.2) is 15.8 Å². The highest BCUT2D eigenvalue weighted by Crippen LogP contribution is 2.07. The monoisotopic (exact) mass is 360 g/mol. The Labute approximate surface area is 149 Å². The maximum atomic E-state index is 12.1. The zero-order chi connectivity index (χ0) is 18.0. The van der Waals surface area contributed by atoms with Gasteiger partial charge in [-0.3, -0.25) is 9.98 Å². The van der Waals surface area contributed by atoms with Crippen LogP contribution in [0, 0.1) is 0 Å². The molecular formula is C18H24N4O2S. The van der Waals surface area contributed by atoms with E-state index in [-0.39, 0.29) is 11.5 Å². The molecule has 2 rings (SSSR count). The predicted octanol–water partition coefficient (Wildman–Crippen LogP) is 1.53. The molecule has 1 aromatic carbocycles. The molecule has 0 aliphatic rings. The lowest BCUT2D eigenvalue weighted by Gasteiger charge is -2.06. The lowest BCUT2D eigenvalue weighted by Crippen LogP contribution is -2.33. The van der Waals surface area contributed by atoms with Gasteiger partial charge in [0, 0.05) is 31.4 Å². The van der Waals surface area contributed by atoms with Crippen molar-refractivity contribution in [1.82, 2.24) is 10.3 Å². The molecule has 6 nitrogen and oxygen atoms in total. The molecule has 1 heterocycles. The molecule has 0 saturated carbocycles. The van der Waals surface area contributed by atoms with Crippen LogP contribution >= 0.6 is 0 Å². The fourth-order valence-electron chi connectivity index (χ4n) is 2.30. The largest absolute Gasteiger partial charge is 0.370 e. The quantitative estimate of drug-likeness (QED) is 0.401. The Kier molecular flexibility index (Phi) is 7.40. The van der Waals surface area contributed by atoms with Crippen molar-refractivity contribution in [1.29, 1.82) is 0 Å². The number of nitrogens with one attached hydrogen (secondary N) is 1. The molecular weight excluding hydrogens is 336 g/mol. The number of benzene rings is 1. The maximum absolute atomic E-state index is 12.1. The summed E-state index contributed by atoms with van der Waals surface area (Å²) in [4.78, 5) is 8.39. The van der Waals surface area contributed by atoms with Crippen LogP contribution in [0.2, 0.25) is 0 Å². The Morgan fingerprint density at radius 2 is 1.88 bits per heavy atom. The lowest BCUT2D eigenvalue weighted by molar-refractivity contribution is 0.593. The van der Waals surface area contributed by atoms with Crippen LogP contribution in [0.15, 0.2) is 59.7 Å². The fourth-order valence-corrected chi connectivity index (χ4v) is 3.72. The summed E-state index contributed by atoms with van der Waals surface area (Å²) < 4.78 is 24.1. The van der Waals surface area contributed by atoms with E-state index in [0.717, 1.165) is 17.7 Å². The zero-order valence-electron chi connectivity index (χ0n) is 14.1. The minimum absolute atomic E-state index is 0.0648. The van der Waals surface area contributed by atoms with Crippen LogP contribution in [-0.2, 0) is 22.0 Å². The number of nitrogens with two attached hydrogens (primary N) is 1. The van der Waals surface area contributed by atoms with Crippen LogP contribution in [-0.4, -0.2) is 38.2 Å². The molecule has 0 fully saturated rings. The highest BCUT2D eigenvalue weighted by atomic mass is 32.2. The second kappa shape index (κ2) is 9.78. The summed E-state index contributed by atoms with van der Waals surface area (Å²) in [6.07, 6.45) is 2.96. The van der Waals surface area contributed by atoms with Crippen molar-refractivity contribution >= 4 is 15.8 Å². The molecule has 7 heteroatoms. The standard InChI is InChI=1S/C18H24N4O2S/c19-18(22-13-10-17-9-4-5-11-20-17)21-12-6-14-25(23,24)15-16-7-2-1-3-8-16/h1-5,7-9,11H,6,10,12-15H2,(H3,19,21,22). The Morgan fingerprint density at radius 3 is 2.60 bits per heavy atom. The van der Waals surface area contributed by atoms with Gasteiger partial charge in [-0.1, -0.05) is 36.4 Å². The number of hydrogen-bond donors (Lipinski definition) is 2. The number of nitrogens with zero attached hydrogens (tertiary/aromatic N) is 2. The Hall–Kier alpha value is -2.41. The number of rotatable bonds is 9. The van der Waals surface area contributed by atoms with Gasteiger partial charge >= 0.3 is 0 Å². The number of aromatic nitrogens is 1. The number of aliphatic imine (C=N–C) groups is 1. The number of guanidine groups is 1. The van der Waals surface area contributed by atoms with Crippen LogP contribution in [0.4, 0.5) is 0 Å². The molecule has 0 saturated heterocycles. The van der Waals surface area contributed by atoms with Gasteiger partial charge in [-0.05, 0) is 24.1 Å². The van der Waals surface area contributed by atoms with Gasteiger partial charge in [-0.2, -0.15) is 0 Å². The second-order valence-electron chi connectivity index (χ2n) is 5.70. The highest BCUT2D eigenvalue weighted by molar-refractivity contribution is 7.90. The zero-order valence-corrected chi connectivity index (χ0v) is 15.0. The predicted molar refractivity (Wildman–Crippen MR) is 101 cm³/mol. The molecule has 0 atom stereocenters. The van der Waals surface area contributed by atoms with Crippen molar-refractivity contribution < 1.29 is 8.42 Å². The van der Waals surface area contributed by atoms with Gasteiger partial charge in [-0.25, -0.2) is 8.42 Å². The van der Waals surface area contributed by atoms with Gasteiger partial charge < -0.3 is 11.1 Å². The summed E-state index contributed by atoms with van der Waals surface area (Å²) in [6, 6.07) is 15.0. The topological polar surface area (TPSA) is 97.4 Å². The van der Waals surface area contributed by atoms with E-state index in [1.54, 1.807) is 6.20 Å². The smallest absolute Gasteiger partial charge is 0.188 e.